The van der Waals surface area contributed by atoms with Crippen LogP contribution in [-0.4, -0.2) is 23.2 Å². The van der Waals surface area contributed by atoms with Gasteiger partial charge in [-0.15, -0.1) is 0 Å². The maximum atomic E-state index is 13.6. The minimum atomic E-state index is -0.992. The van der Waals surface area contributed by atoms with E-state index >= 15 is 0 Å². The van der Waals surface area contributed by atoms with Crippen LogP contribution in [0.4, 0.5) is 14.5 Å². The zero-order chi connectivity index (χ0) is 14.7. The van der Waals surface area contributed by atoms with Gasteiger partial charge in [0.05, 0.1) is 24.9 Å². The summed E-state index contributed by atoms with van der Waals surface area (Å²) >= 11 is 0. The van der Waals surface area contributed by atoms with Crippen molar-refractivity contribution in [3.05, 3.63) is 41.0 Å². The predicted molar refractivity (Wildman–Crippen MR) is 64.1 cm³/mol. The van der Waals surface area contributed by atoms with Crippen molar-refractivity contribution < 1.29 is 22.8 Å². The number of ether oxygens (including phenoxy) is 1. The average Bonchev–Trinajstić information content (AvgIpc) is 2.83. The first-order chi connectivity index (χ1) is 9.51. The van der Waals surface area contributed by atoms with E-state index in [2.05, 4.69) is 20.2 Å². The van der Waals surface area contributed by atoms with E-state index in [0.29, 0.717) is 11.9 Å². The summed E-state index contributed by atoms with van der Waals surface area (Å²) < 4.78 is 36.3. The number of nitrogens with one attached hydrogen (secondary N) is 1. The van der Waals surface area contributed by atoms with E-state index in [-0.39, 0.29) is 23.7 Å². The Balaban J connectivity index is 2.20. The average molecular weight is 283 g/mol. The number of aromatic nitrogens is 2. The molecule has 0 aliphatic rings. The molecule has 106 valence electrons. The highest BCUT2D eigenvalue weighted by Gasteiger charge is 2.16. The zero-order valence-electron chi connectivity index (χ0n) is 10.7. The van der Waals surface area contributed by atoms with E-state index in [9.17, 15) is 13.6 Å². The molecule has 2 rings (SSSR count). The molecular weight excluding hydrogens is 272 g/mol. The van der Waals surface area contributed by atoms with E-state index in [1.54, 1.807) is 6.92 Å². The highest BCUT2D eigenvalue weighted by molar-refractivity contribution is 5.90. The number of rotatable bonds is 4. The van der Waals surface area contributed by atoms with Gasteiger partial charge in [0.15, 0.2) is 5.82 Å². The summed E-state index contributed by atoms with van der Waals surface area (Å²) in [5.74, 6) is -2.04. The second-order valence-corrected chi connectivity index (χ2v) is 3.89. The quantitative estimate of drug-likeness (QED) is 0.865. The molecule has 1 aromatic heterocycles. The molecule has 0 aliphatic heterocycles. The number of aryl methyl sites for hydroxylation is 1. The van der Waals surface area contributed by atoms with Gasteiger partial charge < -0.3 is 14.6 Å². The number of hydrogen-bond donors (Lipinski definition) is 1. The highest BCUT2D eigenvalue weighted by Crippen LogP contribution is 2.20. The molecule has 0 fully saturated rings. The second kappa shape index (κ2) is 5.64. The van der Waals surface area contributed by atoms with E-state index in [0.717, 1.165) is 13.2 Å². The predicted octanol–water partition coefficient (Wildman–Crippen LogP) is 2.05. The Morgan fingerprint density at radius 1 is 1.40 bits per heavy atom. The molecule has 0 bridgehead atoms. The Morgan fingerprint density at radius 3 is 2.75 bits per heavy atom. The Morgan fingerprint density at radius 2 is 2.15 bits per heavy atom. The number of benzene rings is 1. The summed E-state index contributed by atoms with van der Waals surface area (Å²) in [7, 11) is 1.11. The topological polar surface area (TPSA) is 77.2 Å². The summed E-state index contributed by atoms with van der Waals surface area (Å²) in [6, 6.07) is 1.63. The monoisotopic (exact) mass is 283 g/mol. The Kier molecular flexibility index (Phi) is 3.92. The molecule has 1 heterocycles. The highest BCUT2D eigenvalue weighted by atomic mass is 19.1. The number of nitrogens with zero attached hydrogens (tertiary/aromatic N) is 2. The molecule has 8 heteroatoms. The van der Waals surface area contributed by atoms with Crippen LogP contribution in [0.15, 0.2) is 16.7 Å². The molecule has 0 radical (unpaired) electrons. The normalized spacial score (nSPS) is 10.4. The van der Waals surface area contributed by atoms with Gasteiger partial charge in [0.2, 0.25) is 5.89 Å². The minimum Gasteiger partial charge on any atom is -0.465 e. The van der Waals surface area contributed by atoms with Gasteiger partial charge in [-0.1, -0.05) is 5.16 Å². The maximum Gasteiger partial charge on any atom is 0.340 e. The van der Waals surface area contributed by atoms with Crippen molar-refractivity contribution in [2.24, 2.45) is 0 Å². The van der Waals surface area contributed by atoms with Crippen molar-refractivity contribution in [1.82, 2.24) is 10.1 Å². The third-order valence-corrected chi connectivity index (χ3v) is 2.46. The number of anilines is 1. The van der Waals surface area contributed by atoms with Crippen molar-refractivity contribution in [2.45, 2.75) is 13.5 Å². The van der Waals surface area contributed by atoms with Crippen LogP contribution in [0, 0.1) is 18.6 Å². The molecule has 0 spiro atoms. The molecule has 20 heavy (non-hydrogen) atoms. The third kappa shape index (κ3) is 2.90. The van der Waals surface area contributed by atoms with E-state index in [1.165, 1.54) is 0 Å². The number of carbonyl (C=O) groups excluding carboxylic acids is 1. The minimum absolute atomic E-state index is 0.0456. The van der Waals surface area contributed by atoms with Gasteiger partial charge in [-0.05, 0) is 13.0 Å². The van der Waals surface area contributed by atoms with E-state index in [4.69, 9.17) is 4.52 Å². The lowest BCUT2D eigenvalue weighted by molar-refractivity contribution is 0.0595. The van der Waals surface area contributed by atoms with Crippen LogP contribution in [0.1, 0.15) is 22.1 Å². The zero-order valence-corrected chi connectivity index (χ0v) is 10.7. The third-order valence-electron chi connectivity index (χ3n) is 2.46. The number of methoxy groups -OCH3 is 1. The van der Waals surface area contributed by atoms with Gasteiger partial charge in [-0.2, -0.15) is 4.98 Å². The standard InChI is InChI=1S/C12H11F2N3O3/c1-6-16-11(20-17-6)5-15-10-3-7(12(18)19-2)8(13)4-9(10)14/h3-4,15H,5H2,1-2H3. The number of carbonyl (C=O) groups is 1. The van der Waals surface area contributed by atoms with Crippen LogP contribution < -0.4 is 5.32 Å². The molecule has 2 aromatic rings. The second-order valence-electron chi connectivity index (χ2n) is 3.89. The first-order valence-corrected chi connectivity index (χ1v) is 5.61. The summed E-state index contributed by atoms with van der Waals surface area (Å²) in [6.45, 7) is 1.69. The van der Waals surface area contributed by atoms with Crippen LogP contribution in [0.3, 0.4) is 0 Å². The molecule has 6 nitrogen and oxygen atoms in total. The van der Waals surface area contributed by atoms with Crippen molar-refractivity contribution in [1.29, 1.82) is 0 Å². The number of halogens is 2. The summed E-state index contributed by atoms with van der Waals surface area (Å²) in [5, 5.41) is 6.21. The number of esters is 1. The van der Waals surface area contributed by atoms with Crippen molar-refractivity contribution in [3.63, 3.8) is 0 Å². The van der Waals surface area contributed by atoms with Gasteiger partial charge in [0.25, 0.3) is 0 Å². The van der Waals surface area contributed by atoms with E-state index < -0.39 is 17.6 Å². The Bertz CT molecular complexity index is 643. The maximum absolute atomic E-state index is 13.6. The molecule has 0 saturated heterocycles. The fraction of sp³-hybridized carbons (Fsp3) is 0.250. The lowest BCUT2D eigenvalue weighted by atomic mass is 10.1. The van der Waals surface area contributed by atoms with E-state index in [1.807, 2.05) is 0 Å². The van der Waals surface area contributed by atoms with Crippen molar-refractivity contribution >= 4 is 11.7 Å². The lowest BCUT2D eigenvalue weighted by Crippen LogP contribution is -2.08. The van der Waals surface area contributed by atoms with Gasteiger partial charge in [0, 0.05) is 6.07 Å². The first kappa shape index (κ1) is 13.9. The SMILES string of the molecule is COC(=O)c1cc(NCc2nc(C)no2)c(F)cc1F. The molecule has 1 N–H and O–H groups in total. The largest absolute Gasteiger partial charge is 0.465 e. The van der Waals surface area contributed by atoms with Crippen LogP contribution in [0.2, 0.25) is 0 Å². The summed E-state index contributed by atoms with van der Waals surface area (Å²) in [5.41, 5.74) is -0.430. The van der Waals surface area contributed by atoms with Gasteiger partial charge in [-0.3, -0.25) is 0 Å². The summed E-state index contributed by atoms with van der Waals surface area (Å²) in [4.78, 5) is 15.2. The Hall–Kier alpha value is -2.51. The van der Waals surface area contributed by atoms with Crippen LogP contribution >= 0.6 is 0 Å². The summed E-state index contributed by atoms with van der Waals surface area (Å²) in [6.07, 6.45) is 0. The fourth-order valence-electron chi connectivity index (χ4n) is 1.53. The van der Waals surface area contributed by atoms with Gasteiger partial charge in [-0.25, -0.2) is 13.6 Å². The molecule has 0 unspecified atom stereocenters. The van der Waals surface area contributed by atoms with Crippen LogP contribution in [0.5, 0.6) is 0 Å². The van der Waals surface area contributed by atoms with Crippen molar-refractivity contribution in [3.8, 4) is 0 Å². The Labute approximate surface area is 112 Å². The molecular formula is C12H11F2N3O3. The number of hydrogen-bond acceptors (Lipinski definition) is 6. The van der Waals surface area contributed by atoms with Gasteiger partial charge >= 0.3 is 5.97 Å². The lowest BCUT2D eigenvalue weighted by Gasteiger charge is -2.08. The molecule has 0 atom stereocenters. The first-order valence-electron chi connectivity index (χ1n) is 5.61. The fourth-order valence-corrected chi connectivity index (χ4v) is 1.53. The smallest absolute Gasteiger partial charge is 0.340 e. The van der Waals surface area contributed by atoms with Crippen LogP contribution in [-0.2, 0) is 11.3 Å². The molecule has 0 aliphatic carbocycles. The molecule has 1 aromatic carbocycles. The van der Waals surface area contributed by atoms with Crippen LogP contribution in [0.25, 0.3) is 0 Å². The van der Waals surface area contributed by atoms with Gasteiger partial charge in [0.1, 0.15) is 11.6 Å². The molecule has 0 saturated carbocycles. The van der Waals surface area contributed by atoms with Crippen molar-refractivity contribution in [2.75, 3.05) is 12.4 Å². The molecule has 0 amide bonds.